The molecule has 0 aliphatic heterocycles. The SMILES string of the molecule is Cc1cc(C(F)(F)F)n(CCC#N)n1. The molecule has 1 rings (SSSR count). The second-order valence-corrected chi connectivity index (χ2v) is 2.80. The minimum Gasteiger partial charge on any atom is -0.259 e. The highest BCUT2D eigenvalue weighted by Gasteiger charge is 2.35. The van der Waals surface area contributed by atoms with Crippen LogP contribution in [0.2, 0.25) is 0 Å². The number of aryl methyl sites for hydroxylation is 2. The predicted octanol–water partition coefficient (Wildman–Crippen LogP) is 2.12. The number of aromatic nitrogens is 2. The van der Waals surface area contributed by atoms with Gasteiger partial charge in [-0.3, -0.25) is 4.68 Å². The third-order valence-corrected chi connectivity index (χ3v) is 1.63. The van der Waals surface area contributed by atoms with Crippen molar-refractivity contribution in [3.8, 4) is 6.07 Å². The van der Waals surface area contributed by atoms with E-state index in [9.17, 15) is 13.2 Å². The first-order valence-corrected chi connectivity index (χ1v) is 3.93. The van der Waals surface area contributed by atoms with Crippen molar-refractivity contribution in [2.24, 2.45) is 0 Å². The molecule has 6 heteroatoms. The number of nitriles is 1. The molecule has 0 saturated carbocycles. The fourth-order valence-electron chi connectivity index (χ4n) is 1.10. The molecule has 0 aliphatic rings. The van der Waals surface area contributed by atoms with Crippen molar-refractivity contribution in [2.45, 2.75) is 26.1 Å². The van der Waals surface area contributed by atoms with E-state index < -0.39 is 11.9 Å². The quantitative estimate of drug-likeness (QED) is 0.738. The van der Waals surface area contributed by atoms with E-state index in [4.69, 9.17) is 5.26 Å². The fourth-order valence-corrected chi connectivity index (χ4v) is 1.10. The van der Waals surface area contributed by atoms with Gasteiger partial charge in [0.15, 0.2) is 0 Å². The number of hydrogen-bond acceptors (Lipinski definition) is 2. The minimum absolute atomic E-state index is 0.0181. The Hall–Kier alpha value is -1.51. The van der Waals surface area contributed by atoms with Gasteiger partial charge in [-0.25, -0.2) is 0 Å². The molecule has 0 N–H and O–H groups in total. The highest BCUT2D eigenvalue weighted by atomic mass is 19.4. The van der Waals surface area contributed by atoms with Gasteiger partial charge in [0.05, 0.1) is 24.7 Å². The monoisotopic (exact) mass is 203 g/mol. The van der Waals surface area contributed by atoms with E-state index in [-0.39, 0.29) is 13.0 Å². The van der Waals surface area contributed by atoms with Gasteiger partial charge in [0.2, 0.25) is 0 Å². The molecular formula is C8H8F3N3. The van der Waals surface area contributed by atoms with E-state index >= 15 is 0 Å². The molecule has 0 spiro atoms. The summed E-state index contributed by atoms with van der Waals surface area (Å²) in [6.07, 6.45) is -4.39. The van der Waals surface area contributed by atoms with Gasteiger partial charge in [-0.2, -0.15) is 23.5 Å². The Labute approximate surface area is 78.8 Å². The topological polar surface area (TPSA) is 41.6 Å². The summed E-state index contributed by atoms with van der Waals surface area (Å²) in [6, 6.07) is 2.75. The van der Waals surface area contributed by atoms with Crippen LogP contribution in [0.15, 0.2) is 6.07 Å². The molecule has 76 valence electrons. The van der Waals surface area contributed by atoms with E-state index in [1.165, 1.54) is 6.92 Å². The number of halogens is 3. The summed E-state index contributed by atoms with van der Waals surface area (Å²) in [5, 5.41) is 11.9. The van der Waals surface area contributed by atoms with E-state index in [1.807, 2.05) is 0 Å². The Bertz CT molecular complexity index is 359. The molecule has 0 aromatic carbocycles. The third-order valence-electron chi connectivity index (χ3n) is 1.63. The van der Waals surface area contributed by atoms with Crippen molar-refractivity contribution in [1.82, 2.24) is 9.78 Å². The van der Waals surface area contributed by atoms with Crippen LogP contribution in [-0.2, 0) is 12.7 Å². The highest BCUT2D eigenvalue weighted by Crippen LogP contribution is 2.29. The zero-order valence-electron chi connectivity index (χ0n) is 7.47. The van der Waals surface area contributed by atoms with Crippen LogP contribution in [-0.4, -0.2) is 9.78 Å². The van der Waals surface area contributed by atoms with E-state index in [0.717, 1.165) is 10.7 Å². The Kier molecular flexibility index (Phi) is 2.79. The average Bonchev–Trinajstić information content (AvgIpc) is 2.42. The van der Waals surface area contributed by atoms with Crippen molar-refractivity contribution in [3.05, 3.63) is 17.5 Å². The van der Waals surface area contributed by atoms with Gasteiger partial charge >= 0.3 is 6.18 Å². The first kappa shape index (κ1) is 10.6. The van der Waals surface area contributed by atoms with Crippen molar-refractivity contribution < 1.29 is 13.2 Å². The van der Waals surface area contributed by atoms with Gasteiger partial charge in [0.25, 0.3) is 0 Å². The van der Waals surface area contributed by atoms with Crippen LogP contribution in [0, 0.1) is 18.3 Å². The maximum absolute atomic E-state index is 12.3. The molecule has 0 bridgehead atoms. The lowest BCUT2D eigenvalue weighted by Crippen LogP contribution is -2.14. The van der Waals surface area contributed by atoms with Crippen LogP contribution in [0.4, 0.5) is 13.2 Å². The van der Waals surface area contributed by atoms with Crippen LogP contribution in [0.1, 0.15) is 17.8 Å². The molecule has 0 aliphatic carbocycles. The maximum Gasteiger partial charge on any atom is 0.433 e. The molecule has 0 fully saturated rings. The Morgan fingerprint density at radius 2 is 2.21 bits per heavy atom. The number of rotatable bonds is 2. The second-order valence-electron chi connectivity index (χ2n) is 2.80. The molecule has 1 aromatic rings. The zero-order chi connectivity index (χ0) is 10.8. The number of hydrogen-bond donors (Lipinski definition) is 0. The molecule has 1 aromatic heterocycles. The van der Waals surface area contributed by atoms with Crippen molar-refractivity contribution >= 4 is 0 Å². The molecule has 14 heavy (non-hydrogen) atoms. The molecule has 0 atom stereocenters. The van der Waals surface area contributed by atoms with Gasteiger partial charge < -0.3 is 0 Å². The van der Waals surface area contributed by atoms with Gasteiger partial charge in [-0.15, -0.1) is 0 Å². The average molecular weight is 203 g/mol. The molecule has 0 saturated heterocycles. The van der Waals surface area contributed by atoms with Crippen molar-refractivity contribution in [2.75, 3.05) is 0 Å². The van der Waals surface area contributed by atoms with Crippen LogP contribution >= 0.6 is 0 Å². The van der Waals surface area contributed by atoms with Gasteiger partial charge in [-0.1, -0.05) is 0 Å². The molecule has 0 radical (unpaired) electrons. The van der Waals surface area contributed by atoms with Crippen LogP contribution < -0.4 is 0 Å². The first-order chi connectivity index (χ1) is 6.45. The number of alkyl halides is 3. The van der Waals surface area contributed by atoms with Crippen LogP contribution in [0.5, 0.6) is 0 Å². The molecule has 3 nitrogen and oxygen atoms in total. The van der Waals surface area contributed by atoms with Gasteiger partial charge in [0, 0.05) is 0 Å². The summed E-state index contributed by atoms with van der Waals surface area (Å²) in [6.45, 7) is 1.46. The summed E-state index contributed by atoms with van der Waals surface area (Å²) < 4.78 is 37.9. The maximum atomic E-state index is 12.3. The lowest BCUT2D eigenvalue weighted by atomic mass is 10.3. The predicted molar refractivity (Wildman–Crippen MR) is 42.2 cm³/mol. The molecule has 1 heterocycles. The summed E-state index contributed by atoms with van der Waals surface area (Å²) in [5.74, 6) is 0. The standard InChI is InChI=1S/C8H8F3N3/c1-6-5-7(8(9,10)11)14(13-6)4-2-3-12/h5H,2,4H2,1H3. The normalized spacial score (nSPS) is 11.4. The number of nitrogens with zero attached hydrogens (tertiary/aromatic N) is 3. The fraction of sp³-hybridized carbons (Fsp3) is 0.500. The van der Waals surface area contributed by atoms with E-state index in [2.05, 4.69) is 5.10 Å². The lowest BCUT2D eigenvalue weighted by molar-refractivity contribution is -0.144. The molecular weight excluding hydrogens is 195 g/mol. The lowest BCUT2D eigenvalue weighted by Gasteiger charge is -2.07. The smallest absolute Gasteiger partial charge is 0.259 e. The minimum atomic E-state index is -4.41. The van der Waals surface area contributed by atoms with Crippen molar-refractivity contribution in [3.63, 3.8) is 0 Å². The molecule has 0 amide bonds. The second kappa shape index (κ2) is 3.70. The molecule has 0 unspecified atom stereocenters. The summed E-state index contributed by atoms with van der Waals surface area (Å²) >= 11 is 0. The van der Waals surface area contributed by atoms with E-state index in [0.29, 0.717) is 5.69 Å². The van der Waals surface area contributed by atoms with E-state index in [1.54, 1.807) is 6.07 Å². The summed E-state index contributed by atoms with van der Waals surface area (Å²) in [5.41, 5.74) is -0.500. The summed E-state index contributed by atoms with van der Waals surface area (Å²) in [7, 11) is 0. The van der Waals surface area contributed by atoms with Crippen molar-refractivity contribution in [1.29, 1.82) is 5.26 Å². The van der Waals surface area contributed by atoms with Gasteiger partial charge in [0.1, 0.15) is 5.69 Å². The van der Waals surface area contributed by atoms with Crippen LogP contribution in [0.3, 0.4) is 0 Å². The Balaban J connectivity index is 2.98. The third kappa shape index (κ3) is 2.25. The first-order valence-electron chi connectivity index (χ1n) is 3.93. The van der Waals surface area contributed by atoms with Gasteiger partial charge in [-0.05, 0) is 13.0 Å². The summed E-state index contributed by atoms with van der Waals surface area (Å²) in [4.78, 5) is 0. The highest BCUT2D eigenvalue weighted by molar-refractivity contribution is 5.12. The van der Waals surface area contributed by atoms with Crippen LogP contribution in [0.25, 0.3) is 0 Å². The zero-order valence-corrected chi connectivity index (χ0v) is 7.47. The largest absolute Gasteiger partial charge is 0.433 e. The Morgan fingerprint density at radius 1 is 1.57 bits per heavy atom. The Morgan fingerprint density at radius 3 is 2.71 bits per heavy atom.